The molecule has 184 valence electrons. The van der Waals surface area contributed by atoms with Crippen molar-refractivity contribution in [1.29, 1.82) is 0 Å². The second-order valence-electron chi connectivity index (χ2n) is 10.5. The van der Waals surface area contributed by atoms with Crippen molar-refractivity contribution in [3.05, 3.63) is 53.1 Å². The van der Waals surface area contributed by atoms with Gasteiger partial charge in [0.1, 0.15) is 11.5 Å². The first-order valence-electron chi connectivity index (χ1n) is 11.7. The molecule has 2 aromatic rings. The molecule has 3 atom stereocenters. The lowest BCUT2D eigenvalue weighted by Gasteiger charge is -2.42. The second-order valence-corrected chi connectivity index (χ2v) is 10.5. The molecule has 0 aliphatic carbocycles. The van der Waals surface area contributed by atoms with E-state index in [2.05, 4.69) is 26.1 Å². The van der Waals surface area contributed by atoms with Gasteiger partial charge in [0, 0.05) is 7.11 Å². The molecule has 3 unspecified atom stereocenters. The van der Waals surface area contributed by atoms with Crippen molar-refractivity contribution >= 4 is 11.6 Å². The van der Waals surface area contributed by atoms with E-state index in [4.69, 9.17) is 14.2 Å². The third-order valence-corrected chi connectivity index (χ3v) is 7.35. The Morgan fingerprint density at radius 3 is 2.38 bits per heavy atom. The number of phenols is 1. The van der Waals surface area contributed by atoms with Crippen LogP contribution in [0.3, 0.4) is 0 Å². The number of carbonyl (C=O) groups is 1. The summed E-state index contributed by atoms with van der Waals surface area (Å²) in [4.78, 5) is 12.8. The average Bonchev–Trinajstić information content (AvgIpc) is 2.81. The van der Waals surface area contributed by atoms with Gasteiger partial charge in [0.2, 0.25) is 0 Å². The van der Waals surface area contributed by atoms with Crippen LogP contribution in [0.15, 0.2) is 36.4 Å². The molecule has 4 rings (SSSR count). The molecule has 0 saturated carbocycles. The number of benzene rings is 2. The number of rotatable bonds is 6. The summed E-state index contributed by atoms with van der Waals surface area (Å²) in [5.74, 6) is 0.0903. The standard InChI is InChI=1S/C27H35NO6/c1-25(2)14-15-26(3,34-16-25)13-12-17-6-11-20-21(22(17)29)27(31,23(33-5)24(30)28-20)18-7-9-19(32-4)10-8-18/h6-11,23,29,31H,12-16H2,1-5H3,(H,28,30). The molecule has 1 saturated heterocycles. The summed E-state index contributed by atoms with van der Waals surface area (Å²) in [6, 6.07) is 10.3. The van der Waals surface area contributed by atoms with E-state index < -0.39 is 17.6 Å². The molecule has 7 nitrogen and oxygen atoms in total. The molecule has 0 radical (unpaired) electrons. The van der Waals surface area contributed by atoms with E-state index in [0.29, 0.717) is 35.6 Å². The van der Waals surface area contributed by atoms with Gasteiger partial charge in [0.25, 0.3) is 5.91 Å². The van der Waals surface area contributed by atoms with Crippen molar-refractivity contribution in [2.45, 2.75) is 63.8 Å². The minimum Gasteiger partial charge on any atom is -0.507 e. The third kappa shape index (κ3) is 4.28. The van der Waals surface area contributed by atoms with Crippen LogP contribution in [0.4, 0.5) is 5.69 Å². The van der Waals surface area contributed by atoms with Crippen molar-refractivity contribution in [3.8, 4) is 11.5 Å². The number of amides is 1. The molecule has 0 aromatic heterocycles. The van der Waals surface area contributed by atoms with Crippen LogP contribution in [0, 0.1) is 5.41 Å². The summed E-state index contributed by atoms with van der Waals surface area (Å²) >= 11 is 0. The van der Waals surface area contributed by atoms with Crippen LogP contribution in [0.1, 0.15) is 56.7 Å². The molecule has 7 heteroatoms. The fourth-order valence-corrected chi connectivity index (χ4v) is 4.98. The summed E-state index contributed by atoms with van der Waals surface area (Å²) in [7, 11) is 2.92. The van der Waals surface area contributed by atoms with Crippen LogP contribution < -0.4 is 10.1 Å². The number of anilines is 1. The van der Waals surface area contributed by atoms with Gasteiger partial charge in [-0.25, -0.2) is 0 Å². The van der Waals surface area contributed by atoms with Gasteiger partial charge in [-0.15, -0.1) is 0 Å². The van der Waals surface area contributed by atoms with Gasteiger partial charge in [-0.2, -0.15) is 0 Å². The zero-order valence-corrected chi connectivity index (χ0v) is 20.6. The number of hydrogen-bond acceptors (Lipinski definition) is 6. The van der Waals surface area contributed by atoms with Gasteiger partial charge >= 0.3 is 0 Å². The number of aromatic hydroxyl groups is 1. The lowest BCUT2D eigenvalue weighted by Crippen LogP contribution is -2.52. The second kappa shape index (κ2) is 8.87. The number of carbonyl (C=O) groups excluding carboxylic acids is 1. The molecule has 2 heterocycles. The number of phenolic OH excluding ortho intramolecular Hbond substituents is 1. The number of nitrogens with one attached hydrogen (secondary N) is 1. The monoisotopic (exact) mass is 469 g/mol. The topological polar surface area (TPSA) is 97.3 Å². The zero-order chi connectivity index (χ0) is 24.7. The van der Waals surface area contributed by atoms with Crippen molar-refractivity contribution in [1.82, 2.24) is 0 Å². The van der Waals surface area contributed by atoms with E-state index in [9.17, 15) is 15.0 Å². The molecular formula is C27H35NO6. The summed E-state index contributed by atoms with van der Waals surface area (Å²) in [6.45, 7) is 7.25. The highest BCUT2D eigenvalue weighted by Gasteiger charge is 2.51. The van der Waals surface area contributed by atoms with E-state index in [0.717, 1.165) is 19.3 Å². The van der Waals surface area contributed by atoms with Crippen molar-refractivity contribution in [3.63, 3.8) is 0 Å². The van der Waals surface area contributed by atoms with Crippen LogP contribution >= 0.6 is 0 Å². The van der Waals surface area contributed by atoms with Gasteiger partial charge < -0.3 is 29.7 Å². The lowest BCUT2D eigenvalue weighted by atomic mass is 9.76. The highest BCUT2D eigenvalue weighted by Crippen LogP contribution is 2.48. The van der Waals surface area contributed by atoms with Gasteiger partial charge in [-0.05, 0) is 67.3 Å². The van der Waals surface area contributed by atoms with E-state index in [1.54, 1.807) is 43.5 Å². The third-order valence-electron chi connectivity index (χ3n) is 7.35. The van der Waals surface area contributed by atoms with Gasteiger partial charge in [0.05, 0.1) is 30.6 Å². The molecular weight excluding hydrogens is 434 g/mol. The minimum atomic E-state index is -1.88. The highest BCUT2D eigenvalue weighted by atomic mass is 16.5. The first-order valence-corrected chi connectivity index (χ1v) is 11.7. The molecule has 2 aliphatic heterocycles. The highest BCUT2D eigenvalue weighted by molar-refractivity contribution is 6.00. The van der Waals surface area contributed by atoms with E-state index >= 15 is 0 Å². The van der Waals surface area contributed by atoms with Crippen molar-refractivity contribution in [2.24, 2.45) is 5.41 Å². The maximum absolute atomic E-state index is 12.8. The molecule has 2 aliphatic rings. The number of aliphatic hydroxyl groups is 1. The number of fused-ring (bicyclic) bond motifs is 1. The largest absolute Gasteiger partial charge is 0.507 e. The average molecular weight is 470 g/mol. The van der Waals surface area contributed by atoms with Gasteiger partial charge in [0.15, 0.2) is 11.7 Å². The fourth-order valence-electron chi connectivity index (χ4n) is 4.98. The first-order chi connectivity index (χ1) is 16.0. The molecule has 2 aromatic carbocycles. The summed E-state index contributed by atoms with van der Waals surface area (Å²) in [6.07, 6.45) is 2.09. The molecule has 0 bridgehead atoms. The van der Waals surface area contributed by atoms with Crippen LogP contribution in [0.5, 0.6) is 11.5 Å². The fraction of sp³-hybridized carbons (Fsp3) is 0.519. The van der Waals surface area contributed by atoms with Gasteiger partial charge in [-0.1, -0.05) is 32.0 Å². The number of hydrogen-bond donors (Lipinski definition) is 3. The predicted molar refractivity (Wildman–Crippen MR) is 129 cm³/mol. The maximum atomic E-state index is 12.8. The normalized spacial score (nSPS) is 28.2. The Balaban J connectivity index is 1.71. The molecule has 3 N–H and O–H groups in total. The van der Waals surface area contributed by atoms with E-state index in [1.165, 1.54) is 7.11 Å². The maximum Gasteiger partial charge on any atom is 0.257 e. The lowest BCUT2D eigenvalue weighted by molar-refractivity contribution is -0.142. The van der Waals surface area contributed by atoms with Crippen LogP contribution in [0.2, 0.25) is 0 Å². The summed E-state index contributed by atoms with van der Waals surface area (Å²) in [5.41, 5.74) is -0.269. The quantitative estimate of drug-likeness (QED) is 0.589. The first kappa shape index (κ1) is 24.5. The smallest absolute Gasteiger partial charge is 0.257 e. The number of ether oxygens (including phenoxy) is 3. The molecule has 1 fully saturated rings. The zero-order valence-electron chi connectivity index (χ0n) is 20.6. The van der Waals surface area contributed by atoms with Gasteiger partial charge in [-0.3, -0.25) is 4.79 Å². The Morgan fingerprint density at radius 2 is 1.79 bits per heavy atom. The Morgan fingerprint density at radius 1 is 1.09 bits per heavy atom. The Hall–Kier alpha value is -2.61. The SMILES string of the molecule is COc1ccc(C2(O)c3c(ccc(CCC4(C)CCC(C)(C)CO4)c3O)NC(=O)C2OC)cc1. The minimum absolute atomic E-state index is 0.0439. The predicted octanol–water partition coefficient (Wildman–Crippen LogP) is 4.13. The van der Waals surface area contributed by atoms with Crippen LogP contribution in [-0.2, 0) is 26.3 Å². The van der Waals surface area contributed by atoms with E-state index in [1.807, 2.05) is 0 Å². The number of aryl methyl sites for hydroxylation is 1. The Bertz CT molecular complexity index is 1050. The Labute approximate surface area is 201 Å². The summed E-state index contributed by atoms with van der Waals surface area (Å²) in [5, 5.41) is 26.2. The van der Waals surface area contributed by atoms with E-state index in [-0.39, 0.29) is 22.3 Å². The molecule has 1 amide bonds. The van der Waals surface area contributed by atoms with Crippen molar-refractivity contribution < 1.29 is 29.2 Å². The van der Waals surface area contributed by atoms with Crippen LogP contribution in [0.25, 0.3) is 0 Å². The summed E-state index contributed by atoms with van der Waals surface area (Å²) < 4.78 is 16.9. The van der Waals surface area contributed by atoms with Crippen LogP contribution in [-0.4, -0.2) is 48.7 Å². The van der Waals surface area contributed by atoms with Crippen molar-refractivity contribution in [2.75, 3.05) is 26.1 Å². The molecule has 0 spiro atoms. The molecule has 34 heavy (non-hydrogen) atoms. The Kier molecular flexibility index (Phi) is 6.40. The number of methoxy groups -OCH3 is 2.